The first kappa shape index (κ1) is 58.9. The largest absolute Gasteiger partial charge is 0.494 e. The molecule has 2 aliphatic carbocycles. The van der Waals surface area contributed by atoms with Crippen molar-refractivity contribution < 1.29 is 43.0 Å². The monoisotopic (exact) mass is 1090 g/mol. The minimum atomic E-state index is -0.0664. The smallest absolute Gasteiger partial charge is 0.226 e. The van der Waals surface area contributed by atoms with Gasteiger partial charge in [0.15, 0.2) is 5.78 Å². The zero-order valence-corrected chi connectivity index (χ0v) is 45.0. The van der Waals surface area contributed by atoms with Gasteiger partial charge >= 0.3 is 0 Å². The predicted molar refractivity (Wildman–Crippen MR) is 286 cm³/mol. The third-order valence-electron chi connectivity index (χ3n) is 10.5. The maximum absolute atomic E-state index is 12.2. The highest BCUT2D eigenvalue weighted by Gasteiger charge is 2.34. The SMILES string of the molecule is CC(C)C(=O)Nc1ccc(CCON)cc1.COc1c(Cl)cc(OCC=C(Cl)Cl)cc1/C(=N/OCCc1ccc(NC(=O)C(C)C)cc1)C1CC1.COc1c(Cl)cc(OCC=C(Cl)Cl)cc1C(=O)C1CC1. The lowest BCUT2D eigenvalue weighted by Crippen LogP contribution is -2.17. The molecule has 0 atom stereocenters. The Bertz CT molecular complexity index is 2470. The van der Waals surface area contributed by atoms with E-state index in [9.17, 15) is 14.4 Å². The fraction of sp³-hybridized carbons (Fsp3) is 0.385. The van der Waals surface area contributed by atoms with Gasteiger partial charge in [-0.2, -0.15) is 0 Å². The number of ketones is 1. The van der Waals surface area contributed by atoms with Gasteiger partial charge in [-0.3, -0.25) is 14.4 Å². The van der Waals surface area contributed by atoms with E-state index in [1.807, 2.05) is 82.3 Å². The van der Waals surface area contributed by atoms with E-state index in [1.54, 1.807) is 31.4 Å². The first-order chi connectivity index (χ1) is 33.9. The maximum Gasteiger partial charge on any atom is 0.226 e. The topological polar surface area (TPSA) is 169 Å². The summed E-state index contributed by atoms with van der Waals surface area (Å²) in [6, 6.07) is 22.1. The molecule has 2 amide bonds. The molecule has 0 saturated heterocycles. The van der Waals surface area contributed by atoms with Gasteiger partial charge in [0.1, 0.15) is 51.8 Å². The van der Waals surface area contributed by atoms with E-state index in [4.69, 9.17) is 99.3 Å². The highest BCUT2D eigenvalue weighted by Crippen LogP contribution is 2.42. The van der Waals surface area contributed by atoms with Gasteiger partial charge in [0.05, 0.1) is 42.1 Å². The number of oxime groups is 1. The molecule has 71 heavy (non-hydrogen) atoms. The number of carbonyl (C=O) groups is 3. The van der Waals surface area contributed by atoms with Crippen LogP contribution in [0.3, 0.4) is 0 Å². The number of hydrogen-bond acceptors (Lipinski definition) is 11. The molecule has 384 valence electrons. The Kier molecular flexibility index (Phi) is 25.2. The molecular formula is C52H60Cl6N4O9. The summed E-state index contributed by atoms with van der Waals surface area (Å²) in [5.41, 5.74) is 5.79. The van der Waals surface area contributed by atoms with Crippen LogP contribution in [0, 0.1) is 23.7 Å². The van der Waals surface area contributed by atoms with Crippen molar-refractivity contribution in [2.75, 3.05) is 51.3 Å². The van der Waals surface area contributed by atoms with Crippen LogP contribution in [0.4, 0.5) is 11.4 Å². The van der Waals surface area contributed by atoms with Gasteiger partial charge in [-0.15, -0.1) is 0 Å². The molecule has 13 nitrogen and oxygen atoms in total. The van der Waals surface area contributed by atoms with E-state index in [-0.39, 0.29) is 63.5 Å². The molecule has 4 aromatic carbocycles. The van der Waals surface area contributed by atoms with Gasteiger partial charge in [-0.05, 0) is 91.8 Å². The highest BCUT2D eigenvalue weighted by molar-refractivity contribution is 6.56. The van der Waals surface area contributed by atoms with Crippen LogP contribution in [-0.4, -0.2) is 64.0 Å². The molecule has 4 aromatic rings. The number of nitrogens with zero attached hydrogens (tertiary/aromatic N) is 1. The van der Waals surface area contributed by atoms with Crippen molar-refractivity contribution in [3.05, 3.63) is 126 Å². The van der Waals surface area contributed by atoms with Crippen LogP contribution in [-0.2, 0) is 32.1 Å². The molecule has 0 radical (unpaired) electrons. The zero-order valence-electron chi connectivity index (χ0n) is 40.4. The molecule has 4 N–H and O–H groups in total. The summed E-state index contributed by atoms with van der Waals surface area (Å²) in [7, 11) is 3.06. The third kappa shape index (κ3) is 20.7. The van der Waals surface area contributed by atoms with Gasteiger partial charge in [0, 0.05) is 59.2 Å². The van der Waals surface area contributed by atoms with E-state index in [1.165, 1.54) is 13.2 Å². The molecule has 0 heterocycles. The Balaban J connectivity index is 0.000000256. The molecule has 6 rings (SSSR count). The van der Waals surface area contributed by atoms with Crippen LogP contribution in [0.25, 0.3) is 0 Å². The second kappa shape index (κ2) is 30.4. The molecule has 0 spiro atoms. The van der Waals surface area contributed by atoms with E-state index in [0.717, 1.165) is 65.9 Å². The number of nitrogens with two attached hydrogens (primary N) is 1. The molecule has 2 saturated carbocycles. The molecule has 0 aliphatic heterocycles. The summed E-state index contributed by atoms with van der Waals surface area (Å²) >= 11 is 34.9. The first-order valence-corrected chi connectivity index (χ1v) is 25.1. The van der Waals surface area contributed by atoms with Crippen molar-refractivity contribution in [2.24, 2.45) is 34.7 Å². The fourth-order valence-electron chi connectivity index (χ4n) is 6.30. The quantitative estimate of drug-likeness (QED) is 0.0281. The lowest BCUT2D eigenvalue weighted by Gasteiger charge is -2.15. The number of benzene rings is 4. The number of Topliss-reactive ketones (excluding diaryl/α,β-unsaturated/α-hetero) is 1. The minimum Gasteiger partial charge on any atom is -0.494 e. The molecule has 0 bridgehead atoms. The van der Waals surface area contributed by atoms with Gasteiger partial charge in [-0.1, -0.05) is 127 Å². The molecule has 2 fully saturated rings. The number of carbonyl (C=O) groups excluding carboxylic acids is 3. The van der Waals surface area contributed by atoms with Crippen LogP contribution in [0.2, 0.25) is 10.0 Å². The minimum absolute atomic E-state index is 0.00709. The van der Waals surface area contributed by atoms with Crippen molar-refractivity contribution in [3.8, 4) is 23.0 Å². The van der Waals surface area contributed by atoms with Gasteiger partial charge < -0.3 is 39.3 Å². The first-order valence-electron chi connectivity index (χ1n) is 22.8. The zero-order chi connectivity index (χ0) is 52.0. The number of ether oxygens (including phenoxy) is 4. The van der Waals surface area contributed by atoms with Gasteiger partial charge in [0.2, 0.25) is 11.8 Å². The number of hydrogen-bond donors (Lipinski definition) is 3. The molecule has 19 heteroatoms. The Morgan fingerprint density at radius 3 is 1.46 bits per heavy atom. The average molecular weight is 1100 g/mol. The van der Waals surface area contributed by atoms with Crippen molar-refractivity contribution in [3.63, 3.8) is 0 Å². The van der Waals surface area contributed by atoms with Crippen LogP contribution in [0.5, 0.6) is 23.0 Å². The second-order valence-corrected chi connectivity index (χ2v) is 19.7. The van der Waals surface area contributed by atoms with Gasteiger partial charge in [-0.25, -0.2) is 5.90 Å². The summed E-state index contributed by atoms with van der Waals surface area (Å²) in [5.74, 6) is 7.23. The van der Waals surface area contributed by atoms with Crippen LogP contribution >= 0.6 is 69.6 Å². The Morgan fingerprint density at radius 1 is 0.648 bits per heavy atom. The number of nitrogens with one attached hydrogen (secondary N) is 2. The van der Waals surface area contributed by atoms with E-state index in [2.05, 4.69) is 20.6 Å². The van der Waals surface area contributed by atoms with Crippen LogP contribution in [0.1, 0.15) is 80.4 Å². The van der Waals surface area contributed by atoms with E-state index in [0.29, 0.717) is 58.2 Å². The third-order valence-corrected chi connectivity index (χ3v) is 11.7. The summed E-state index contributed by atoms with van der Waals surface area (Å²) in [4.78, 5) is 45.7. The number of anilines is 2. The van der Waals surface area contributed by atoms with Crippen molar-refractivity contribution in [2.45, 2.75) is 66.2 Å². The Morgan fingerprint density at radius 2 is 1.07 bits per heavy atom. The van der Waals surface area contributed by atoms with E-state index < -0.39 is 0 Å². The maximum atomic E-state index is 12.2. The standard InChI is InChI=1S/C26H29Cl3N2O4.C14H13Cl3O3.C12H18N2O2/c1-16(2)26(32)30-19-8-4-17(5-9-19)10-13-35-31-24(18-6-7-18)21-14-20(34-12-11-23(28)29)15-22(27)25(21)33-3;1-19-14-10(13(18)8-2-3-8)6-9(7-11(14)15)20-5-4-12(16)17;1-9(2)12(15)14-11-5-3-10(4-6-11)7-8-16-13/h4-5,8-9,11,14-16,18H,6-7,10,12-13H2,1-3H3,(H,30,32);4,6-8H,2-3,5H2,1H3;3-6,9H,7-8,13H2,1-2H3,(H,14,15)/b31-24+;;. The highest BCUT2D eigenvalue weighted by atomic mass is 35.5. The molecule has 2 aliphatic rings. The normalized spacial score (nSPS) is 12.9. The molecular weight excluding hydrogens is 1040 g/mol. The van der Waals surface area contributed by atoms with Crippen LogP contribution in [0.15, 0.2) is 99.1 Å². The number of halogens is 6. The Hall–Kier alpha value is -4.70. The second-order valence-electron chi connectivity index (χ2n) is 16.9. The molecule has 0 unspecified atom stereocenters. The Labute approximate surface area is 446 Å². The molecule has 0 aromatic heterocycles. The lowest BCUT2D eigenvalue weighted by molar-refractivity contribution is -0.119. The summed E-state index contributed by atoms with van der Waals surface area (Å²) in [6.07, 6.45) is 8.35. The van der Waals surface area contributed by atoms with Crippen molar-refractivity contribution >= 4 is 104 Å². The predicted octanol–water partition coefficient (Wildman–Crippen LogP) is 13.4. The summed E-state index contributed by atoms with van der Waals surface area (Å²) in [6.45, 7) is 8.75. The number of amides is 2. The van der Waals surface area contributed by atoms with Gasteiger partial charge in [0.25, 0.3) is 0 Å². The van der Waals surface area contributed by atoms with Crippen molar-refractivity contribution in [1.82, 2.24) is 0 Å². The van der Waals surface area contributed by atoms with E-state index >= 15 is 0 Å². The summed E-state index contributed by atoms with van der Waals surface area (Å²) < 4.78 is 22.2. The summed E-state index contributed by atoms with van der Waals surface area (Å²) in [5, 5.41) is 10.9. The van der Waals surface area contributed by atoms with Crippen molar-refractivity contribution in [1.29, 1.82) is 0 Å². The lowest BCUT2D eigenvalue weighted by atomic mass is 10.0. The fourth-order valence-corrected chi connectivity index (χ4v) is 7.12. The number of rotatable bonds is 23. The average Bonchev–Trinajstić information content (AvgIpc) is 4.28. The van der Waals surface area contributed by atoms with Crippen LogP contribution < -0.4 is 35.5 Å². The number of methoxy groups -OCH3 is 2.